The summed E-state index contributed by atoms with van der Waals surface area (Å²) in [6.07, 6.45) is 8.94. The maximum absolute atomic E-state index is 11.8. The van der Waals surface area contributed by atoms with Gasteiger partial charge < -0.3 is 15.8 Å². The van der Waals surface area contributed by atoms with E-state index in [2.05, 4.69) is 5.32 Å². The topological polar surface area (TPSA) is 64.4 Å². The first-order valence-electron chi connectivity index (χ1n) is 7.32. The van der Waals surface area contributed by atoms with E-state index in [-0.39, 0.29) is 11.3 Å². The molecule has 1 saturated heterocycles. The average Bonchev–Trinajstić information content (AvgIpc) is 2.35. The molecule has 4 nitrogen and oxygen atoms in total. The van der Waals surface area contributed by atoms with Crippen molar-refractivity contribution in [3.05, 3.63) is 0 Å². The van der Waals surface area contributed by atoms with Crippen molar-refractivity contribution in [3.63, 3.8) is 0 Å². The molecular weight excluding hydrogens is 228 g/mol. The minimum absolute atomic E-state index is 0.116. The fraction of sp³-hybridized carbons (Fsp3) is 0.929. The summed E-state index contributed by atoms with van der Waals surface area (Å²) in [5.74, 6) is 0.163. The van der Waals surface area contributed by atoms with Crippen LogP contribution in [0.15, 0.2) is 0 Å². The van der Waals surface area contributed by atoms with Crippen LogP contribution in [0.3, 0.4) is 0 Å². The van der Waals surface area contributed by atoms with Crippen molar-refractivity contribution in [2.75, 3.05) is 19.7 Å². The molecule has 1 heterocycles. The predicted molar refractivity (Wildman–Crippen MR) is 71.2 cm³/mol. The molecule has 3 N–H and O–H groups in total. The molecule has 1 saturated carbocycles. The van der Waals surface area contributed by atoms with E-state index in [1.807, 2.05) is 0 Å². The summed E-state index contributed by atoms with van der Waals surface area (Å²) in [5.41, 5.74) is 5.88. The lowest BCUT2D eigenvalue weighted by molar-refractivity contribution is -0.124. The van der Waals surface area contributed by atoms with Crippen LogP contribution in [0.4, 0.5) is 0 Å². The van der Waals surface area contributed by atoms with Gasteiger partial charge in [-0.05, 0) is 50.5 Å². The fourth-order valence-corrected chi connectivity index (χ4v) is 2.94. The minimum atomic E-state index is 0.116. The molecule has 1 amide bonds. The zero-order valence-corrected chi connectivity index (χ0v) is 11.2. The first-order chi connectivity index (χ1) is 8.74. The predicted octanol–water partition coefficient (Wildman–Crippen LogP) is 1.58. The molecule has 2 aliphatic rings. The number of nitrogens with one attached hydrogen (secondary N) is 1. The van der Waals surface area contributed by atoms with Crippen molar-refractivity contribution < 1.29 is 9.53 Å². The molecule has 18 heavy (non-hydrogen) atoms. The van der Waals surface area contributed by atoms with Crippen molar-refractivity contribution in [2.45, 2.75) is 57.5 Å². The molecule has 0 spiro atoms. The van der Waals surface area contributed by atoms with Gasteiger partial charge in [0.15, 0.2) is 0 Å². The van der Waals surface area contributed by atoms with E-state index in [0.717, 1.165) is 38.8 Å². The van der Waals surface area contributed by atoms with Crippen LogP contribution >= 0.6 is 0 Å². The maximum atomic E-state index is 11.8. The summed E-state index contributed by atoms with van der Waals surface area (Å²) < 4.78 is 5.64. The second-order valence-corrected chi connectivity index (χ2v) is 5.86. The van der Waals surface area contributed by atoms with E-state index >= 15 is 0 Å². The van der Waals surface area contributed by atoms with Crippen molar-refractivity contribution in [3.8, 4) is 0 Å². The van der Waals surface area contributed by atoms with Crippen molar-refractivity contribution in [1.82, 2.24) is 5.32 Å². The second-order valence-electron chi connectivity index (χ2n) is 5.86. The summed E-state index contributed by atoms with van der Waals surface area (Å²) in [7, 11) is 0. The van der Waals surface area contributed by atoms with Gasteiger partial charge in [-0.3, -0.25) is 4.79 Å². The smallest absolute Gasteiger partial charge is 0.220 e. The van der Waals surface area contributed by atoms with E-state index in [9.17, 15) is 4.79 Å². The molecule has 0 aromatic carbocycles. The zero-order chi connectivity index (χ0) is 12.8. The zero-order valence-electron chi connectivity index (χ0n) is 11.2. The van der Waals surface area contributed by atoms with Gasteiger partial charge in [0.2, 0.25) is 5.91 Å². The Morgan fingerprint density at radius 1 is 1.33 bits per heavy atom. The van der Waals surface area contributed by atoms with Crippen LogP contribution in [0.25, 0.3) is 0 Å². The molecular formula is C14H26N2O2. The lowest BCUT2D eigenvalue weighted by Crippen LogP contribution is -2.42. The number of ether oxygens (including phenoxy) is 1. The average molecular weight is 254 g/mol. The SMILES string of the molecule is NCC1(CC(=O)NCCC2CCCCO2)CCC1. The van der Waals surface area contributed by atoms with Crippen LogP contribution < -0.4 is 11.1 Å². The highest BCUT2D eigenvalue weighted by atomic mass is 16.5. The van der Waals surface area contributed by atoms with Crippen molar-refractivity contribution in [1.29, 1.82) is 0 Å². The third-order valence-corrected chi connectivity index (χ3v) is 4.45. The minimum Gasteiger partial charge on any atom is -0.378 e. The van der Waals surface area contributed by atoms with Crippen LogP contribution in [0, 0.1) is 5.41 Å². The van der Waals surface area contributed by atoms with E-state index in [1.54, 1.807) is 0 Å². The number of carbonyl (C=O) groups excluding carboxylic acids is 1. The van der Waals surface area contributed by atoms with Gasteiger partial charge >= 0.3 is 0 Å². The third-order valence-electron chi connectivity index (χ3n) is 4.45. The van der Waals surface area contributed by atoms with Gasteiger partial charge in [0, 0.05) is 19.6 Å². The van der Waals surface area contributed by atoms with E-state index in [1.165, 1.54) is 19.3 Å². The third kappa shape index (κ3) is 3.69. The van der Waals surface area contributed by atoms with E-state index in [4.69, 9.17) is 10.5 Å². The number of carbonyl (C=O) groups is 1. The standard InChI is InChI=1S/C14H26N2O2/c15-11-14(6-3-7-14)10-13(17)16-8-5-12-4-1-2-9-18-12/h12H,1-11,15H2,(H,16,17). The molecule has 0 bridgehead atoms. The molecule has 0 aromatic rings. The molecule has 0 aromatic heterocycles. The van der Waals surface area contributed by atoms with Gasteiger partial charge in [0.1, 0.15) is 0 Å². The van der Waals surface area contributed by atoms with Crippen LogP contribution in [0.1, 0.15) is 51.4 Å². The van der Waals surface area contributed by atoms with Crippen LogP contribution in [0.5, 0.6) is 0 Å². The van der Waals surface area contributed by atoms with Gasteiger partial charge in [-0.15, -0.1) is 0 Å². The summed E-state index contributed by atoms with van der Waals surface area (Å²) in [5, 5.41) is 3.01. The number of hydrogen-bond donors (Lipinski definition) is 2. The number of rotatable bonds is 6. The summed E-state index contributed by atoms with van der Waals surface area (Å²) >= 11 is 0. The Kier molecular flexibility index (Phi) is 5.01. The Morgan fingerprint density at radius 3 is 2.72 bits per heavy atom. The highest BCUT2D eigenvalue weighted by Gasteiger charge is 2.37. The van der Waals surface area contributed by atoms with Crippen molar-refractivity contribution >= 4 is 5.91 Å². The lowest BCUT2D eigenvalue weighted by Gasteiger charge is -2.40. The normalized spacial score (nSPS) is 26.4. The maximum Gasteiger partial charge on any atom is 0.220 e. The van der Waals surface area contributed by atoms with Gasteiger partial charge in [-0.25, -0.2) is 0 Å². The molecule has 1 aliphatic carbocycles. The summed E-state index contributed by atoms with van der Waals surface area (Å²) in [6.45, 7) is 2.27. The Balaban J connectivity index is 1.59. The monoisotopic (exact) mass is 254 g/mol. The molecule has 1 unspecified atom stereocenters. The van der Waals surface area contributed by atoms with Gasteiger partial charge in [0.05, 0.1) is 6.10 Å². The molecule has 1 aliphatic heterocycles. The highest BCUT2D eigenvalue weighted by molar-refractivity contribution is 5.76. The van der Waals surface area contributed by atoms with E-state index < -0.39 is 0 Å². The number of amides is 1. The Morgan fingerprint density at radius 2 is 2.17 bits per heavy atom. The van der Waals surface area contributed by atoms with E-state index in [0.29, 0.717) is 19.1 Å². The Labute approximate surface area is 110 Å². The largest absolute Gasteiger partial charge is 0.378 e. The van der Waals surface area contributed by atoms with Gasteiger partial charge in [-0.2, -0.15) is 0 Å². The molecule has 1 atom stereocenters. The summed E-state index contributed by atoms with van der Waals surface area (Å²) in [4.78, 5) is 11.8. The first kappa shape index (κ1) is 13.8. The molecule has 2 fully saturated rings. The first-order valence-corrected chi connectivity index (χ1v) is 7.32. The lowest BCUT2D eigenvalue weighted by atomic mass is 9.66. The molecule has 4 heteroatoms. The van der Waals surface area contributed by atoms with Crippen LogP contribution in [-0.4, -0.2) is 31.7 Å². The fourth-order valence-electron chi connectivity index (χ4n) is 2.94. The molecule has 2 rings (SSSR count). The molecule has 104 valence electrons. The summed E-state index contributed by atoms with van der Waals surface area (Å²) in [6, 6.07) is 0. The highest BCUT2D eigenvalue weighted by Crippen LogP contribution is 2.42. The van der Waals surface area contributed by atoms with Crippen LogP contribution in [0.2, 0.25) is 0 Å². The molecule has 0 radical (unpaired) electrons. The van der Waals surface area contributed by atoms with Crippen molar-refractivity contribution in [2.24, 2.45) is 11.1 Å². The van der Waals surface area contributed by atoms with Gasteiger partial charge in [0.25, 0.3) is 0 Å². The Hall–Kier alpha value is -0.610. The number of hydrogen-bond acceptors (Lipinski definition) is 3. The van der Waals surface area contributed by atoms with Gasteiger partial charge in [-0.1, -0.05) is 6.42 Å². The van der Waals surface area contributed by atoms with Crippen LogP contribution in [-0.2, 0) is 9.53 Å². The quantitative estimate of drug-likeness (QED) is 0.756. The Bertz CT molecular complexity index is 265. The second kappa shape index (κ2) is 6.53. The number of nitrogens with two attached hydrogens (primary N) is 1.